The number of carbonyl (C=O) groups is 1. The highest BCUT2D eigenvalue weighted by molar-refractivity contribution is 7.89. The quantitative estimate of drug-likeness (QED) is 0.415. The predicted octanol–water partition coefficient (Wildman–Crippen LogP) is 1.67. The minimum atomic E-state index is -4.06. The average molecular weight is 382 g/mol. The van der Waals surface area contributed by atoms with Gasteiger partial charge in [0, 0.05) is 24.5 Å². The first-order valence-electron chi connectivity index (χ1n) is 8.61. The first kappa shape index (κ1) is 20.4. The first-order chi connectivity index (χ1) is 12.1. The van der Waals surface area contributed by atoms with Crippen molar-refractivity contribution in [2.75, 3.05) is 13.1 Å². The molecule has 0 aromatic heterocycles. The zero-order valence-electron chi connectivity index (χ0n) is 14.9. The minimum Gasteiger partial charge on any atom is -0.481 e. The zero-order chi connectivity index (χ0) is 19.5. The van der Waals surface area contributed by atoms with Gasteiger partial charge in [-0.2, -0.15) is 4.31 Å². The van der Waals surface area contributed by atoms with Crippen molar-refractivity contribution in [2.24, 2.45) is 5.92 Å². The molecule has 0 radical (unpaired) electrons. The molecule has 0 amide bonds. The lowest BCUT2D eigenvalue weighted by Crippen LogP contribution is -2.36. The summed E-state index contributed by atoms with van der Waals surface area (Å²) in [6.07, 6.45) is 2.50. The maximum Gasteiger partial charge on any atom is 0.301 e. The topological polar surface area (TPSA) is 118 Å². The highest BCUT2D eigenvalue weighted by atomic mass is 32.2. The number of para-hydroxylation sites is 1. The molecule has 1 fully saturated rings. The van der Waals surface area contributed by atoms with E-state index in [1.54, 1.807) is 7.85 Å². The molecule has 2 rings (SSSR count). The van der Waals surface area contributed by atoms with Crippen LogP contribution in [0, 0.1) is 16.0 Å². The minimum absolute atomic E-state index is 0.0564. The number of rotatable bonds is 8. The number of unbranched alkanes of at least 4 members (excludes halogenated alkanes) is 1. The third kappa shape index (κ3) is 3.75. The van der Waals surface area contributed by atoms with E-state index in [9.17, 15) is 28.4 Å². The van der Waals surface area contributed by atoms with Gasteiger partial charge in [-0.05, 0) is 24.8 Å². The lowest BCUT2D eigenvalue weighted by atomic mass is 9.57. The summed E-state index contributed by atoms with van der Waals surface area (Å²) in [5.41, 5.74) is -0.470. The second kappa shape index (κ2) is 7.75. The molecule has 0 aliphatic carbocycles. The molecule has 1 aromatic carbocycles. The van der Waals surface area contributed by atoms with Gasteiger partial charge < -0.3 is 5.11 Å². The zero-order valence-corrected chi connectivity index (χ0v) is 15.7. The summed E-state index contributed by atoms with van der Waals surface area (Å²) < 4.78 is 27.0. The Labute approximate surface area is 153 Å². The predicted molar refractivity (Wildman–Crippen MR) is 98.4 cm³/mol. The molecule has 1 aliphatic rings. The Balaban J connectivity index is 2.30. The summed E-state index contributed by atoms with van der Waals surface area (Å²) in [4.78, 5) is 21.9. The molecule has 142 valence electrons. The van der Waals surface area contributed by atoms with Crippen LogP contribution in [-0.2, 0) is 14.8 Å². The fourth-order valence-corrected chi connectivity index (χ4v) is 5.12. The van der Waals surface area contributed by atoms with Crippen molar-refractivity contribution in [3.8, 4) is 0 Å². The summed E-state index contributed by atoms with van der Waals surface area (Å²) in [5, 5.41) is 19.8. The van der Waals surface area contributed by atoms with Crippen LogP contribution in [0.4, 0.5) is 5.69 Å². The van der Waals surface area contributed by atoms with E-state index < -0.39 is 31.9 Å². The van der Waals surface area contributed by atoms with Gasteiger partial charge in [0.2, 0.25) is 10.0 Å². The van der Waals surface area contributed by atoms with Crippen molar-refractivity contribution in [1.82, 2.24) is 4.31 Å². The van der Waals surface area contributed by atoms with Crippen LogP contribution in [0.25, 0.3) is 0 Å². The highest BCUT2D eigenvalue weighted by Crippen LogP contribution is 2.44. The number of hydrogen-bond acceptors (Lipinski definition) is 5. The molecule has 2 atom stereocenters. The summed E-state index contributed by atoms with van der Waals surface area (Å²) in [5.74, 6) is -1.26. The van der Waals surface area contributed by atoms with E-state index in [-0.39, 0.29) is 23.9 Å². The van der Waals surface area contributed by atoms with Crippen LogP contribution in [0.5, 0.6) is 0 Å². The van der Waals surface area contributed by atoms with E-state index in [0.717, 1.165) is 18.9 Å². The van der Waals surface area contributed by atoms with Crippen LogP contribution in [-0.4, -0.2) is 49.7 Å². The number of nitrogens with zero attached hydrogens (tertiary/aromatic N) is 2. The van der Waals surface area contributed by atoms with E-state index >= 15 is 0 Å². The summed E-state index contributed by atoms with van der Waals surface area (Å²) in [6.45, 7) is 2.19. The number of aliphatic carboxylic acids is 1. The van der Waals surface area contributed by atoms with Crippen molar-refractivity contribution in [3.63, 3.8) is 0 Å². The second-order valence-corrected chi connectivity index (χ2v) is 8.81. The van der Waals surface area contributed by atoms with Gasteiger partial charge in [-0.25, -0.2) is 8.42 Å². The van der Waals surface area contributed by atoms with Crippen LogP contribution in [0.15, 0.2) is 29.2 Å². The Morgan fingerprint density at radius 1 is 1.46 bits per heavy atom. The first-order valence-corrected chi connectivity index (χ1v) is 10.1. The lowest BCUT2D eigenvalue weighted by Gasteiger charge is -2.31. The fourth-order valence-electron chi connectivity index (χ4n) is 3.46. The average Bonchev–Trinajstić information content (AvgIpc) is 3.11. The molecule has 0 bridgehead atoms. The van der Waals surface area contributed by atoms with E-state index in [0.29, 0.717) is 12.8 Å². The van der Waals surface area contributed by atoms with Gasteiger partial charge in [-0.3, -0.25) is 14.9 Å². The molecule has 1 heterocycles. The number of carboxylic acid groups (broad SMARTS) is 1. The van der Waals surface area contributed by atoms with Crippen LogP contribution in [0.2, 0.25) is 5.31 Å². The normalized spacial score (nSPS) is 20.6. The van der Waals surface area contributed by atoms with Crippen LogP contribution >= 0.6 is 0 Å². The number of hydrogen-bond donors (Lipinski definition) is 1. The molecular weight excluding hydrogens is 359 g/mol. The maximum absolute atomic E-state index is 12.9. The molecule has 1 aromatic rings. The second-order valence-electron chi connectivity index (χ2n) is 6.90. The Hall–Kier alpha value is -1.94. The molecule has 1 saturated heterocycles. The largest absolute Gasteiger partial charge is 0.481 e. The molecule has 0 saturated carbocycles. The molecule has 1 unspecified atom stereocenters. The Kier molecular flexibility index (Phi) is 6.07. The summed E-state index contributed by atoms with van der Waals surface area (Å²) >= 11 is 0. The Morgan fingerprint density at radius 2 is 2.12 bits per heavy atom. The number of nitro groups is 1. The third-order valence-electron chi connectivity index (χ3n) is 5.27. The van der Waals surface area contributed by atoms with Crippen LogP contribution < -0.4 is 0 Å². The van der Waals surface area contributed by atoms with Gasteiger partial charge in [-0.1, -0.05) is 31.9 Å². The van der Waals surface area contributed by atoms with E-state index in [1.807, 2.05) is 6.92 Å². The SMILES string of the molecule is BC(CCCC)(C(=O)O)[C@H]1CCN(S(=O)(=O)c2ccccc2[N+](=O)[O-])C1. The Bertz CT molecular complexity index is 800. The molecule has 10 heteroatoms. The smallest absolute Gasteiger partial charge is 0.301 e. The summed E-state index contributed by atoms with van der Waals surface area (Å²) in [6, 6.07) is 5.23. The van der Waals surface area contributed by atoms with Gasteiger partial charge in [-0.15, -0.1) is 0 Å². The lowest BCUT2D eigenvalue weighted by molar-refractivity contribution is -0.387. The fraction of sp³-hybridized carbons (Fsp3) is 0.562. The van der Waals surface area contributed by atoms with E-state index in [2.05, 4.69) is 0 Å². The van der Waals surface area contributed by atoms with Crippen LogP contribution in [0.1, 0.15) is 32.6 Å². The van der Waals surface area contributed by atoms with Crippen molar-refractivity contribution >= 4 is 29.5 Å². The maximum atomic E-state index is 12.9. The number of benzene rings is 1. The van der Waals surface area contributed by atoms with Crippen molar-refractivity contribution < 1.29 is 23.2 Å². The Morgan fingerprint density at radius 3 is 2.69 bits per heavy atom. The van der Waals surface area contributed by atoms with Gasteiger partial charge in [0.15, 0.2) is 4.90 Å². The number of sulfonamides is 1. The monoisotopic (exact) mass is 382 g/mol. The molecule has 1 N–H and O–H groups in total. The molecule has 26 heavy (non-hydrogen) atoms. The van der Waals surface area contributed by atoms with Crippen molar-refractivity contribution in [3.05, 3.63) is 34.4 Å². The van der Waals surface area contributed by atoms with Crippen molar-refractivity contribution in [2.45, 2.75) is 42.8 Å². The summed E-state index contributed by atoms with van der Waals surface area (Å²) in [7, 11) is -2.39. The molecular formula is C16H23BN2O6S. The van der Waals surface area contributed by atoms with Gasteiger partial charge in [0.05, 0.1) is 4.92 Å². The molecule has 0 spiro atoms. The van der Waals surface area contributed by atoms with E-state index in [1.165, 1.54) is 22.5 Å². The standard InChI is InChI=1S/C16H23BN2O6S/c1-2-3-9-16(17,15(20)21)12-8-10-18(11-12)26(24,25)14-7-5-4-6-13(14)19(22)23/h4-7,12H,2-3,8-11,17H2,1H3,(H,20,21)/t12-,16?/m0/s1. The molecule has 8 nitrogen and oxygen atoms in total. The van der Waals surface area contributed by atoms with E-state index in [4.69, 9.17) is 0 Å². The van der Waals surface area contributed by atoms with Gasteiger partial charge in [0.25, 0.3) is 5.69 Å². The van der Waals surface area contributed by atoms with Crippen molar-refractivity contribution in [1.29, 1.82) is 0 Å². The molecule has 1 aliphatic heterocycles. The highest BCUT2D eigenvalue weighted by Gasteiger charge is 2.46. The van der Waals surface area contributed by atoms with Gasteiger partial charge in [0.1, 0.15) is 7.85 Å². The number of nitro benzene ring substituents is 1. The van der Waals surface area contributed by atoms with Crippen LogP contribution in [0.3, 0.4) is 0 Å². The van der Waals surface area contributed by atoms with Gasteiger partial charge >= 0.3 is 5.97 Å². The number of carboxylic acids is 1. The third-order valence-corrected chi connectivity index (χ3v) is 7.18.